The van der Waals surface area contributed by atoms with Crippen molar-refractivity contribution in [2.75, 3.05) is 19.6 Å². The van der Waals surface area contributed by atoms with Crippen molar-refractivity contribution in [3.8, 4) is 6.07 Å². The van der Waals surface area contributed by atoms with E-state index in [4.69, 9.17) is 5.26 Å². The molecule has 1 saturated heterocycles. The molecule has 0 radical (unpaired) electrons. The molecule has 2 fully saturated rings. The van der Waals surface area contributed by atoms with E-state index < -0.39 is 0 Å². The molecule has 3 heteroatoms. The second-order valence-electron chi connectivity index (χ2n) is 7.83. The van der Waals surface area contributed by atoms with E-state index in [9.17, 15) is 4.79 Å². The van der Waals surface area contributed by atoms with Gasteiger partial charge >= 0.3 is 0 Å². The number of nitrogens with zero attached hydrogens (tertiary/aromatic N) is 2. The third-order valence-electron chi connectivity index (χ3n) is 5.85. The number of nitriles is 1. The van der Waals surface area contributed by atoms with Crippen molar-refractivity contribution < 1.29 is 4.79 Å². The van der Waals surface area contributed by atoms with Crippen molar-refractivity contribution in [2.45, 2.75) is 26.2 Å². The SMILES string of the molecule is C[C@H]1CCN(CC2CC2)C[C@@H]1C(=O)c1ccc2cc(C#N)ccc2c1. The van der Waals surface area contributed by atoms with Gasteiger partial charge in [-0.25, -0.2) is 0 Å². The summed E-state index contributed by atoms with van der Waals surface area (Å²) in [5, 5.41) is 11.1. The molecule has 3 nitrogen and oxygen atoms in total. The van der Waals surface area contributed by atoms with Crippen LogP contribution in [0.2, 0.25) is 0 Å². The monoisotopic (exact) mass is 332 g/mol. The molecule has 1 aliphatic heterocycles. The number of hydrogen-bond donors (Lipinski definition) is 0. The maximum atomic E-state index is 13.1. The fourth-order valence-corrected chi connectivity index (χ4v) is 3.99. The Morgan fingerprint density at radius 1 is 1.16 bits per heavy atom. The van der Waals surface area contributed by atoms with E-state index in [-0.39, 0.29) is 11.7 Å². The average Bonchev–Trinajstić information content (AvgIpc) is 3.46. The van der Waals surface area contributed by atoms with Gasteiger partial charge in [-0.15, -0.1) is 0 Å². The van der Waals surface area contributed by atoms with E-state index in [0.29, 0.717) is 11.5 Å². The first kappa shape index (κ1) is 16.3. The molecule has 2 aromatic rings. The molecule has 1 saturated carbocycles. The number of Topliss-reactive ketones (excluding diaryl/α,β-unsaturated/α-hetero) is 1. The molecule has 4 rings (SSSR count). The minimum absolute atomic E-state index is 0.100. The molecule has 2 aromatic carbocycles. The zero-order chi connectivity index (χ0) is 17.4. The van der Waals surface area contributed by atoms with E-state index in [1.54, 1.807) is 0 Å². The van der Waals surface area contributed by atoms with Crippen molar-refractivity contribution in [2.24, 2.45) is 17.8 Å². The first-order chi connectivity index (χ1) is 12.1. The number of carbonyl (C=O) groups excluding carboxylic acids is 1. The van der Waals surface area contributed by atoms with Gasteiger partial charge in [0.15, 0.2) is 5.78 Å². The van der Waals surface area contributed by atoms with Crippen LogP contribution in [0.4, 0.5) is 0 Å². The Balaban J connectivity index is 1.56. The lowest BCUT2D eigenvalue weighted by molar-refractivity contribution is 0.0711. The van der Waals surface area contributed by atoms with Gasteiger partial charge in [-0.2, -0.15) is 5.26 Å². The zero-order valence-corrected chi connectivity index (χ0v) is 14.7. The molecule has 0 amide bonds. The number of ketones is 1. The van der Waals surface area contributed by atoms with Crippen LogP contribution >= 0.6 is 0 Å². The molecular formula is C22H24N2O. The lowest BCUT2D eigenvalue weighted by Crippen LogP contribution is -2.43. The molecule has 0 N–H and O–H groups in total. The Morgan fingerprint density at radius 2 is 1.92 bits per heavy atom. The number of rotatable bonds is 4. The number of benzene rings is 2. The normalized spacial score (nSPS) is 24.2. The average molecular weight is 332 g/mol. The molecule has 2 atom stereocenters. The third kappa shape index (κ3) is 3.45. The molecule has 0 spiro atoms. The van der Waals surface area contributed by atoms with Crippen molar-refractivity contribution in [1.82, 2.24) is 4.90 Å². The first-order valence-corrected chi connectivity index (χ1v) is 9.34. The second kappa shape index (κ2) is 6.61. The van der Waals surface area contributed by atoms with Gasteiger partial charge < -0.3 is 4.90 Å². The standard InChI is InChI=1S/C22H24N2O/c1-15-8-9-24(13-16-2-3-16)14-21(15)22(25)20-7-6-18-10-17(12-23)4-5-19(18)11-20/h4-7,10-11,15-16,21H,2-3,8-9,13-14H2,1H3/t15-,21-/m0/s1. The minimum Gasteiger partial charge on any atom is -0.302 e. The van der Waals surface area contributed by atoms with E-state index >= 15 is 0 Å². The van der Waals surface area contributed by atoms with Crippen molar-refractivity contribution >= 4 is 16.6 Å². The summed E-state index contributed by atoms with van der Waals surface area (Å²) in [6, 6.07) is 13.7. The summed E-state index contributed by atoms with van der Waals surface area (Å²) in [5.74, 6) is 1.70. The summed E-state index contributed by atoms with van der Waals surface area (Å²) in [5.41, 5.74) is 1.46. The fraction of sp³-hybridized carbons (Fsp3) is 0.455. The van der Waals surface area contributed by atoms with Gasteiger partial charge in [-0.05, 0) is 66.6 Å². The number of hydrogen-bond acceptors (Lipinski definition) is 3. The van der Waals surface area contributed by atoms with E-state index in [2.05, 4.69) is 17.9 Å². The molecule has 0 bridgehead atoms. The molecule has 0 unspecified atom stereocenters. The van der Waals surface area contributed by atoms with E-state index in [1.165, 1.54) is 19.4 Å². The smallest absolute Gasteiger partial charge is 0.167 e. The van der Waals surface area contributed by atoms with Crippen LogP contribution in [0.3, 0.4) is 0 Å². The van der Waals surface area contributed by atoms with Gasteiger partial charge in [0, 0.05) is 24.6 Å². The number of likely N-dealkylation sites (tertiary alicyclic amines) is 1. The highest BCUT2D eigenvalue weighted by atomic mass is 16.1. The number of carbonyl (C=O) groups is 1. The maximum Gasteiger partial charge on any atom is 0.167 e. The van der Waals surface area contributed by atoms with E-state index in [0.717, 1.165) is 41.8 Å². The zero-order valence-electron chi connectivity index (χ0n) is 14.7. The quantitative estimate of drug-likeness (QED) is 0.786. The predicted molar refractivity (Wildman–Crippen MR) is 99.4 cm³/mol. The van der Waals surface area contributed by atoms with Gasteiger partial charge in [-0.3, -0.25) is 4.79 Å². The van der Waals surface area contributed by atoms with Crippen LogP contribution in [0.1, 0.15) is 42.1 Å². The van der Waals surface area contributed by atoms with Gasteiger partial charge in [0.05, 0.1) is 11.6 Å². The Morgan fingerprint density at radius 3 is 2.68 bits per heavy atom. The summed E-state index contributed by atoms with van der Waals surface area (Å²) in [6.45, 7) is 5.43. The second-order valence-corrected chi connectivity index (χ2v) is 7.83. The van der Waals surface area contributed by atoms with Crippen LogP contribution in [-0.2, 0) is 0 Å². The molecule has 25 heavy (non-hydrogen) atoms. The molecule has 0 aromatic heterocycles. The van der Waals surface area contributed by atoms with Crippen LogP contribution in [0.5, 0.6) is 0 Å². The minimum atomic E-state index is 0.100. The highest BCUT2D eigenvalue weighted by Crippen LogP contribution is 2.33. The Kier molecular flexibility index (Phi) is 4.31. The van der Waals surface area contributed by atoms with Crippen LogP contribution in [0.25, 0.3) is 10.8 Å². The summed E-state index contributed by atoms with van der Waals surface area (Å²) in [4.78, 5) is 15.6. The summed E-state index contributed by atoms with van der Waals surface area (Å²) in [7, 11) is 0. The number of piperidine rings is 1. The summed E-state index contributed by atoms with van der Waals surface area (Å²) < 4.78 is 0. The van der Waals surface area contributed by atoms with Crippen molar-refractivity contribution in [3.63, 3.8) is 0 Å². The first-order valence-electron chi connectivity index (χ1n) is 9.34. The predicted octanol–water partition coefficient (Wildman–Crippen LogP) is 4.26. The topological polar surface area (TPSA) is 44.1 Å². The number of fused-ring (bicyclic) bond motifs is 1. The Hall–Kier alpha value is -2.18. The molecule has 128 valence electrons. The van der Waals surface area contributed by atoms with Gasteiger partial charge in [0.25, 0.3) is 0 Å². The lowest BCUT2D eigenvalue weighted by atomic mass is 9.81. The van der Waals surface area contributed by atoms with Crippen LogP contribution in [-0.4, -0.2) is 30.3 Å². The highest BCUT2D eigenvalue weighted by Gasteiger charge is 2.34. The maximum absolute atomic E-state index is 13.1. The Bertz CT molecular complexity index is 847. The van der Waals surface area contributed by atoms with Gasteiger partial charge in [0.2, 0.25) is 0 Å². The molecule has 1 aliphatic carbocycles. The highest BCUT2D eigenvalue weighted by molar-refractivity contribution is 6.01. The molecular weight excluding hydrogens is 308 g/mol. The van der Waals surface area contributed by atoms with Crippen LogP contribution < -0.4 is 0 Å². The van der Waals surface area contributed by atoms with Gasteiger partial charge in [0.1, 0.15) is 0 Å². The summed E-state index contributed by atoms with van der Waals surface area (Å²) in [6.07, 6.45) is 3.84. The van der Waals surface area contributed by atoms with E-state index in [1.807, 2.05) is 36.4 Å². The molecule has 2 aliphatic rings. The van der Waals surface area contributed by atoms with Crippen molar-refractivity contribution in [3.05, 3.63) is 47.5 Å². The van der Waals surface area contributed by atoms with Crippen molar-refractivity contribution in [1.29, 1.82) is 5.26 Å². The Labute approximate surface area is 149 Å². The van der Waals surface area contributed by atoms with Gasteiger partial charge in [-0.1, -0.05) is 25.1 Å². The fourth-order valence-electron chi connectivity index (χ4n) is 3.99. The van der Waals surface area contributed by atoms with Crippen LogP contribution in [0.15, 0.2) is 36.4 Å². The largest absolute Gasteiger partial charge is 0.302 e. The third-order valence-corrected chi connectivity index (χ3v) is 5.85. The summed E-state index contributed by atoms with van der Waals surface area (Å²) >= 11 is 0. The lowest BCUT2D eigenvalue weighted by Gasteiger charge is -2.36. The van der Waals surface area contributed by atoms with Crippen LogP contribution in [0, 0.1) is 29.1 Å². The molecule has 1 heterocycles.